The van der Waals surface area contributed by atoms with E-state index in [4.69, 9.17) is 22.9 Å². The highest BCUT2D eigenvalue weighted by molar-refractivity contribution is 5.96. The van der Waals surface area contributed by atoms with Gasteiger partial charge in [-0.3, -0.25) is 24.2 Å². The van der Waals surface area contributed by atoms with E-state index in [2.05, 4.69) is 20.9 Å². The molecule has 5 unspecified atom stereocenters. The van der Waals surface area contributed by atoms with Crippen LogP contribution in [0.4, 0.5) is 0 Å². The number of carbonyl (C=O) groups is 5. The molecule has 12 N–H and O–H groups in total. The molecule has 14 nitrogen and oxygen atoms in total. The summed E-state index contributed by atoms with van der Waals surface area (Å²) < 4.78 is 0. The fraction of sp³-hybridized carbons (Fsp3) is 0.727. The van der Waals surface area contributed by atoms with E-state index < -0.39 is 60.2 Å². The normalized spacial score (nSPS) is 15.1. The summed E-state index contributed by atoms with van der Waals surface area (Å²) in [6, 6.07) is -4.65. The first-order valence-electron chi connectivity index (χ1n) is 11.9. The molecule has 0 aromatic carbocycles. The standard InChI is InChI=1S/C22H42N8O6/c1-5-12(4)17(24)20(34)30-14(9-11(2)3)18(32)29-15(10-16(23)31)19(33)28-13(21(35)36)7-6-8-27-22(25)26/h11-15,17H,5-10,24H2,1-4H3,(H2,23,31)(H,28,33)(H,29,32)(H,30,34)(H,35,36)(H4,25,26,27). The zero-order chi connectivity index (χ0) is 28.0. The number of carboxylic acid groups (broad SMARTS) is 1. The monoisotopic (exact) mass is 514 g/mol. The quantitative estimate of drug-likeness (QED) is 0.0598. The second-order valence-electron chi connectivity index (χ2n) is 9.18. The molecule has 0 rings (SSSR count). The third-order valence-corrected chi connectivity index (χ3v) is 5.50. The first-order valence-corrected chi connectivity index (χ1v) is 11.9. The lowest BCUT2D eigenvalue weighted by molar-refractivity contribution is -0.142. The van der Waals surface area contributed by atoms with Crippen LogP contribution in [0.5, 0.6) is 0 Å². The van der Waals surface area contributed by atoms with Crippen LogP contribution in [-0.4, -0.2) is 71.4 Å². The van der Waals surface area contributed by atoms with E-state index in [-0.39, 0.29) is 43.6 Å². The first-order chi connectivity index (χ1) is 16.7. The summed E-state index contributed by atoms with van der Waals surface area (Å²) in [6.45, 7) is 7.53. The van der Waals surface area contributed by atoms with Crippen LogP contribution in [-0.2, 0) is 24.0 Å². The van der Waals surface area contributed by atoms with Crippen LogP contribution < -0.4 is 38.9 Å². The minimum atomic E-state index is -1.45. The molecule has 0 aliphatic heterocycles. The van der Waals surface area contributed by atoms with Gasteiger partial charge in [0.05, 0.1) is 12.5 Å². The van der Waals surface area contributed by atoms with Gasteiger partial charge in [-0.2, -0.15) is 0 Å². The van der Waals surface area contributed by atoms with Gasteiger partial charge in [0, 0.05) is 6.54 Å². The van der Waals surface area contributed by atoms with Gasteiger partial charge in [0.25, 0.3) is 0 Å². The number of nitrogens with zero attached hydrogens (tertiary/aromatic N) is 1. The van der Waals surface area contributed by atoms with Crippen molar-refractivity contribution < 1.29 is 29.1 Å². The molecule has 0 fully saturated rings. The highest BCUT2D eigenvalue weighted by atomic mass is 16.4. The van der Waals surface area contributed by atoms with Gasteiger partial charge in [0.15, 0.2) is 5.96 Å². The van der Waals surface area contributed by atoms with Crippen LogP contribution in [0, 0.1) is 11.8 Å². The molecule has 0 aliphatic carbocycles. The Morgan fingerprint density at radius 2 is 1.39 bits per heavy atom. The maximum Gasteiger partial charge on any atom is 0.326 e. The Morgan fingerprint density at radius 3 is 1.86 bits per heavy atom. The summed E-state index contributed by atoms with van der Waals surface area (Å²) in [6.07, 6.45) is 0.563. The van der Waals surface area contributed by atoms with Crippen LogP contribution >= 0.6 is 0 Å². The maximum absolute atomic E-state index is 13.0. The van der Waals surface area contributed by atoms with Crippen LogP contribution in [0.2, 0.25) is 0 Å². The number of guanidine groups is 1. The molecule has 206 valence electrons. The Bertz CT molecular complexity index is 799. The van der Waals surface area contributed by atoms with Crippen molar-refractivity contribution in [1.82, 2.24) is 16.0 Å². The molecule has 0 aromatic rings. The summed E-state index contributed by atoms with van der Waals surface area (Å²) in [4.78, 5) is 65.3. The molecule has 0 aromatic heterocycles. The Balaban J connectivity index is 5.52. The number of nitrogens with one attached hydrogen (secondary N) is 3. The number of carboxylic acids is 1. The van der Waals surface area contributed by atoms with Crippen LogP contribution in [0.15, 0.2) is 4.99 Å². The zero-order valence-corrected chi connectivity index (χ0v) is 21.5. The second kappa shape index (κ2) is 16.3. The lowest BCUT2D eigenvalue weighted by Gasteiger charge is -2.26. The lowest BCUT2D eigenvalue weighted by atomic mass is 9.97. The number of hydrogen-bond donors (Lipinski definition) is 8. The van der Waals surface area contributed by atoms with Gasteiger partial charge < -0.3 is 44.0 Å². The number of amides is 4. The smallest absolute Gasteiger partial charge is 0.326 e. The molecule has 0 bridgehead atoms. The number of nitrogens with two attached hydrogens (primary N) is 4. The van der Waals surface area contributed by atoms with Gasteiger partial charge in [-0.05, 0) is 31.1 Å². The number of primary amides is 1. The molecule has 0 saturated carbocycles. The Morgan fingerprint density at radius 1 is 0.861 bits per heavy atom. The summed E-state index contributed by atoms with van der Waals surface area (Å²) in [5.41, 5.74) is 21.7. The molecule has 14 heteroatoms. The zero-order valence-electron chi connectivity index (χ0n) is 21.5. The average molecular weight is 515 g/mol. The third kappa shape index (κ3) is 12.9. The van der Waals surface area contributed by atoms with E-state index in [1.54, 1.807) is 0 Å². The maximum atomic E-state index is 13.0. The number of aliphatic carboxylic acids is 1. The van der Waals surface area contributed by atoms with Crippen LogP contribution in [0.3, 0.4) is 0 Å². The van der Waals surface area contributed by atoms with E-state index in [1.165, 1.54) is 0 Å². The molecule has 0 radical (unpaired) electrons. The van der Waals surface area contributed by atoms with Crippen molar-refractivity contribution in [2.24, 2.45) is 39.8 Å². The topological polar surface area (TPSA) is 258 Å². The van der Waals surface area contributed by atoms with Crippen LogP contribution in [0.25, 0.3) is 0 Å². The van der Waals surface area contributed by atoms with Gasteiger partial charge in [-0.15, -0.1) is 0 Å². The number of rotatable bonds is 17. The summed E-state index contributed by atoms with van der Waals surface area (Å²) >= 11 is 0. The summed E-state index contributed by atoms with van der Waals surface area (Å²) in [5, 5.41) is 16.8. The van der Waals surface area contributed by atoms with E-state index in [0.29, 0.717) is 6.42 Å². The highest BCUT2D eigenvalue weighted by Crippen LogP contribution is 2.10. The van der Waals surface area contributed by atoms with Crippen molar-refractivity contribution in [2.75, 3.05) is 6.54 Å². The second-order valence-corrected chi connectivity index (χ2v) is 9.18. The van der Waals surface area contributed by atoms with E-state index in [1.807, 2.05) is 27.7 Å². The molecular weight excluding hydrogens is 472 g/mol. The van der Waals surface area contributed by atoms with Crippen molar-refractivity contribution in [1.29, 1.82) is 0 Å². The van der Waals surface area contributed by atoms with Gasteiger partial charge >= 0.3 is 5.97 Å². The molecule has 4 amide bonds. The van der Waals surface area contributed by atoms with Gasteiger partial charge in [-0.1, -0.05) is 34.1 Å². The van der Waals surface area contributed by atoms with Crippen molar-refractivity contribution in [3.05, 3.63) is 0 Å². The third-order valence-electron chi connectivity index (χ3n) is 5.50. The van der Waals surface area contributed by atoms with Crippen molar-refractivity contribution in [2.45, 2.75) is 84.0 Å². The fourth-order valence-electron chi connectivity index (χ4n) is 3.20. The average Bonchev–Trinajstić information content (AvgIpc) is 2.77. The van der Waals surface area contributed by atoms with Crippen molar-refractivity contribution in [3.63, 3.8) is 0 Å². The molecule has 0 saturated heterocycles. The minimum absolute atomic E-state index is 0.00533. The fourth-order valence-corrected chi connectivity index (χ4v) is 3.20. The summed E-state index contributed by atoms with van der Waals surface area (Å²) in [7, 11) is 0. The minimum Gasteiger partial charge on any atom is -0.480 e. The molecular formula is C22H42N8O6. The molecule has 0 aliphatic rings. The van der Waals surface area contributed by atoms with E-state index in [0.717, 1.165) is 0 Å². The molecule has 0 heterocycles. The van der Waals surface area contributed by atoms with E-state index >= 15 is 0 Å². The Labute approximate surface area is 211 Å². The first kappa shape index (κ1) is 32.6. The van der Waals surface area contributed by atoms with Gasteiger partial charge in [-0.25, -0.2) is 4.79 Å². The predicted molar refractivity (Wildman–Crippen MR) is 134 cm³/mol. The number of hydrogen-bond acceptors (Lipinski definition) is 7. The van der Waals surface area contributed by atoms with Crippen molar-refractivity contribution in [3.8, 4) is 0 Å². The Hall–Kier alpha value is -3.42. The molecule has 5 atom stereocenters. The largest absolute Gasteiger partial charge is 0.480 e. The SMILES string of the molecule is CCC(C)C(N)C(=O)NC(CC(C)C)C(=O)NC(CC(N)=O)C(=O)NC(CCCN=C(N)N)C(=O)O. The number of carbonyl (C=O) groups excluding carboxylic acids is 4. The van der Waals surface area contributed by atoms with Crippen LogP contribution in [0.1, 0.15) is 59.8 Å². The molecule has 0 spiro atoms. The highest BCUT2D eigenvalue weighted by Gasteiger charge is 2.32. The number of aliphatic imine (C=N–C) groups is 1. The lowest BCUT2D eigenvalue weighted by Crippen LogP contribution is -2.58. The van der Waals surface area contributed by atoms with Gasteiger partial charge in [0.1, 0.15) is 18.1 Å². The van der Waals surface area contributed by atoms with E-state index in [9.17, 15) is 29.1 Å². The predicted octanol–water partition coefficient (Wildman–Crippen LogP) is -2.13. The van der Waals surface area contributed by atoms with Crippen molar-refractivity contribution >= 4 is 35.6 Å². The Kier molecular flexibility index (Phi) is 14.7. The summed E-state index contributed by atoms with van der Waals surface area (Å²) in [5.74, 6) is -4.65. The van der Waals surface area contributed by atoms with Gasteiger partial charge in [0.2, 0.25) is 23.6 Å². The molecule has 36 heavy (non-hydrogen) atoms.